The molecule has 0 aromatic heterocycles. The number of fused-ring (bicyclic) bond motifs is 1. The summed E-state index contributed by atoms with van der Waals surface area (Å²) in [6.45, 7) is 9.02. The Morgan fingerprint density at radius 2 is 1.48 bits per heavy atom. The number of hydrogen-bond acceptors (Lipinski definition) is 3. The summed E-state index contributed by atoms with van der Waals surface area (Å²) in [5.41, 5.74) is 3.85. The summed E-state index contributed by atoms with van der Waals surface area (Å²) in [6.07, 6.45) is 1.04. The van der Waals surface area contributed by atoms with Gasteiger partial charge in [0.05, 0.1) is 31.9 Å². The van der Waals surface area contributed by atoms with Gasteiger partial charge < -0.3 is 19.5 Å². The lowest BCUT2D eigenvalue weighted by Gasteiger charge is -2.27. The van der Waals surface area contributed by atoms with Gasteiger partial charge in [-0.2, -0.15) is 0 Å². The first-order valence-electron chi connectivity index (χ1n) is 9.25. The fourth-order valence-electron chi connectivity index (χ4n) is 3.51. The quantitative estimate of drug-likeness (QED) is 0.841. The fourth-order valence-corrected chi connectivity index (χ4v) is 3.51. The number of benzene rings is 2. The molecule has 0 amide bonds. The molecule has 0 fully saturated rings. The Morgan fingerprint density at radius 3 is 2.20 bits per heavy atom. The van der Waals surface area contributed by atoms with Gasteiger partial charge in [0.25, 0.3) is 0 Å². The van der Waals surface area contributed by atoms with Crippen LogP contribution in [-0.2, 0) is 6.42 Å². The number of hydrogen-bond donors (Lipinski definition) is 1. The molecule has 1 aliphatic rings. The summed E-state index contributed by atoms with van der Waals surface area (Å²) in [5.74, 6) is 2.64. The highest BCUT2D eigenvalue weighted by Crippen LogP contribution is 2.37. The van der Waals surface area contributed by atoms with Crippen molar-refractivity contribution < 1.29 is 19.5 Å². The minimum Gasteiger partial charge on any atom is -0.493 e. The molecule has 4 heteroatoms. The molecule has 134 valence electrons. The van der Waals surface area contributed by atoms with Crippen LogP contribution in [0.3, 0.4) is 0 Å². The van der Waals surface area contributed by atoms with E-state index in [1.54, 1.807) is 0 Å². The van der Waals surface area contributed by atoms with Gasteiger partial charge in [-0.05, 0) is 50.6 Å². The lowest BCUT2D eigenvalue weighted by atomic mass is 9.89. The van der Waals surface area contributed by atoms with Crippen molar-refractivity contribution in [3.63, 3.8) is 0 Å². The first-order chi connectivity index (χ1) is 12.3. The molecule has 2 N–H and O–H groups in total. The number of nitrogens with two attached hydrogens (primary N) is 1. The second-order valence-electron chi connectivity index (χ2n) is 6.09. The summed E-state index contributed by atoms with van der Waals surface area (Å²) >= 11 is 0. The molecular formula is C21H28NO3+. The number of ether oxygens (including phenoxy) is 3. The van der Waals surface area contributed by atoms with E-state index in [4.69, 9.17) is 14.2 Å². The van der Waals surface area contributed by atoms with Gasteiger partial charge in [0.15, 0.2) is 11.5 Å². The molecule has 0 saturated heterocycles. The second kappa shape index (κ2) is 8.26. The van der Waals surface area contributed by atoms with Gasteiger partial charge in [-0.25, -0.2) is 0 Å². The van der Waals surface area contributed by atoms with Crippen LogP contribution in [0.5, 0.6) is 17.2 Å². The molecule has 2 aromatic carbocycles. The van der Waals surface area contributed by atoms with E-state index in [1.807, 2.05) is 26.8 Å². The standard InChI is InChI=1S/C21H27NO3/c1-4-23-18-10-8-7-9-16(18)21-17-14-20(25-6-3)19(24-5-2)13-15(17)11-12-22-21/h7-10,13-14,21-22H,4-6,11-12H2,1-3H3/p+1/t21-/m1/s1. The maximum Gasteiger partial charge on any atom is 0.161 e. The molecule has 0 unspecified atom stereocenters. The highest BCUT2D eigenvalue weighted by molar-refractivity contribution is 5.52. The van der Waals surface area contributed by atoms with Crippen LogP contribution in [0.4, 0.5) is 0 Å². The van der Waals surface area contributed by atoms with E-state index < -0.39 is 0 Å². The number of quaternary nitrogens is 1. The Morgan fingerprint density at radius 1 is 0.840 bits per heavy atom. The van der Waals surface area contributed by atoms with Crippen molar-refractivity contribution in [2.75, 3.05) is 26.4 Å². The molecule has 0 spiro atoms. The lowest BCUT2D eigenvalue weighted by molar-refractivity contribution is -0.690. The first-order valence-corrected chi connectivity index (χ1v) is 9.25. The first kappa shape index (κ1) is 17.6. The Bertz CT molecular complexity index is 714. The van der Waals surface area contributed by atoms with Crippen LogP contribution in [0.1, 0.15) is 43.5 Å². The van der Waals surface area contributed by atoms with Crippen LogP contribution in [-0.4, -0.2) is 26.4 Å². The smallest absolute Gasteiger partial charge is 0.161 e. The van der Waals surface area contributed by atoms with Gasteiger partial charge in [0.2, 0.25) is 0 Å². The summed E-state index contributed by atoms with van der Waals surface area (Å²) in [4.78, 5) is 0. The Hall–Kier alpha value is -2.20. The largest absolute Gasteiger partial charge is 0.493 e. The molecule has 4 nitrogen and oxygen atoms in total. The van der Waals surface area contributed by atoms with Crippen molar-refractivity contribution in [1.29, 1.82) is 0 Å². The van der Waals surface area contributed by atoms with Crippen molar-refractivity contribution in [2.24, 2.45) is 0 Å². The molecular weight excluding hydrogens is 314 g/mol. The van der Waals surface area contributed by atoms with Gasteiger partial charge in [-0.15, -0.1) is 0 Å². The van der Waals surface area contributed by atoms with Gasteiger partial charge in [0, 0.05) is 12.0 Å². The highest BCUT2D eigenvalue weighted by atomic mass is 16.5. The van der Waals surface area contributed by atoms with E-state index in [0.29, 0.717) is 19.8 Å². The van der Waals surface area contributed by atoms with Crippen LogP contribution in [0.15, 0.2) is 36.4 Å². The van der Waals surface area contributed by atoms with E-state index in [0.717, 1.165) is 30.2 Å². The van der Waals surface area contributed by atoms with E-state index in [2.05, 4.69) is 35.6 Å². The summed E-state index contributed by atoms with van der Waals surface area (Å²) in [6, 6.07) is 12.9. The van der Waals surface area contributed by atoms with Crippen LogP contribution >= 0.6 is 0 Å². The SMILES string of the molecule is CCOc1cc2c(cc1OCC)[C@@H](c1ccccc1OCC)[NH2+]CC2. The minimum absolute atomic E-state index is 0.224. The maximum atomic E-state index is 5.87. The Balaban J connectivity index is 2.05. The molecule has 1 aliphatic heterocycles. The third-order valence-electron chi connectivity index (χ3n) is 4.51. The fraction of sp³-hybridized carbons (Fsp3) is 0.429. The van der Waals surface area contributed by atoms with Gasteiger partial charge in [0.1, 0.15) is 11.8 Å². The zero-order valence-electron chi connectivity index (χ0n) is 15.4. The van der Waals surface area contributed by atoms with Crippen molar-refractivity contribution in [2.45, 2.75) is 33.2 Å². The van der Waals surface area contributed by atoms with Crippen molar-refractivity contribution >= 4 is 0 Å². The predicted octanol–water partition coefficient (Wildman–Crippen LogP) is 3.09. The molecule has 0 bridgehead atoms. The molecule has 25 heavy (non-hydrogen) atoms. The summed E-state index contributed by atoms with van der Waals surface area (Å²) in [5, 5.41) is 2.39. The monoisotopic (exact) mass is 342 g/mol. The zero-order chi connectivity index (χ0) is 17.6. The van der Waals surface area contributed by atoms with E-state index in [-0.39, 0.29) is 6.04 Å². The van der Waals surface area contributed by atoms with E-state index in [9.17, 15) is 0 Å². The van der Waals surface area contributed by atoms with Crippen molar-refractivity contribution in [1.82, 2.24) is 0 Å². The summed E-state index contributed by atoms with van der Waals surface area (Å²) < 4.78 is 17.5. The molecule has 1 atom stereocenters. The third-order valence-corrected chi connectivity index (χ3v) is 4.51. The lowest BCUT2D eigenvalue weighted by Crippen LogP contribution is -2.87. The average Bonchev–Trinajstić information content (AvgIpc) is 2.63. The Kier molecular flexibility index (Phi) is 5.82. The maximum absolute atomic E-state index is 5.87. The topological polar surface area (TPSA) is 44.3 Å². The predicted molar refractivity (Wildman–Crippen MR) is 98.7 cm³/mol. The number of rotatable bonds is 7. The summed E-state index contributed by atoms with van der Waals surface area (Å²) in [7, 11) is 0. The van der Waals surface area contributed by atoms with Crippen LogP contribution < -0.4 is 19.5 Å². The molecule has 0 aliphatic carbocycles. The van der Waals surface area contributed by atoms with Crippen molar-refractivity contribution in [3.8, 4) is 17.2 Å². The Labute approximate surface area is 150 Å². The zero-order valence-corrected chi connectivity index (χ0v) is 15.4. The molecule has 1 heterocycles. The van der Waals surface area contributed by atoms with E-state index >= 15 is 0 Å². The van der Waals surface area contributed by atoms with Crippen molar-refractivity contribution in [3.05, 3.63) is 53.1 Å². The minimum atomic E-state index is 0.224. The van der Waals surface area contributed by atoms with E-state index in [1.165, 1.54) is 16.7 Å². The highest BCUT2D eigenvalue weighted by Gasteiger charge is 2.29. The van der Waals surface area contributed by atoms with Crippen LogP contribution in [0, 0.1) is 0 Å². The van der Waals surface area contributed by atoms with Gasteiger partial charge >= 0.3 is 0 Å². The third kappa shape index (κ3) is 3.74. The molecule has 2 aromatic rings. The van der Waals surface area contributed by atoms with Gasteiger partial charge in [-0.1, -0.05) is 12.1 Å². The van der Waals surface area contributed by atoms with Crippen LogP contribution in [0.2, 0.25) is 0 Å². The number of para-hydroxylation sites is 1. The normalized spacial score (nSPS) is 16.2. The average molecular weight is 342 g/mol. The van der Waals surface area contributed by atoms with Crippen LogP contribution in [0.25, 0.3) is 0 Å². The molecule has 3 rings (SSSR count). The molecule has 0 radical (unpaired) electrons. The van der Waals surface area contributed by atoms with Gasteiger partial charge in [-0.3, -0.25) is 0 Å². The second-order valence-corrected chi connectivity index (χ2v) is 6.09. The molecule has 0 saturated carbocycles.